The molecular formula is C10H17N3OS. The van der Waals surface area contributed by atoms with E-state index in [0.29, 0.717) is 18.9 Å². The van der Waals surface area contributed by atoms with Gasteiger partial charge < -0.3 is 10.2 Å². The molecule has 0 spiro atoms. The number of rotatable bonds is 3. The fraction of sp³-hybridized carbons (Fsp3) is 0.800. The third-order valence-corrected chi connectivity index (χ3v) is 4.20. The van der Waals surface area contributed by atoms with Crippen LogP contribution in [-0.4, -0.2) is 28.2 Å². The SMILES string of the molecule is CC1(c2nnc(CCN)o2)CCCSC1. The van der Waals surface area contributed by atoms with E-state index in [4.69, 9.17) is 10.2 Å². The van der Waals surface area contributed by atoms with Crippen LogP contribution in [0.5, 0.6) is 0 Å². The van der Waals surface area contributed by atoms with Gasteiger partial charge in [0.2, 0.25) is 11.8 Å². The maximum Gasteiger partial charge on any atom is 0.223 e. The second-order valence-corrected chi connectivity index (χ2v) is 5.36. The van der Waals surface area contributed by atoms with Crippen molar-refractivity contribution in [3.05, 3.63) is 11.8 Å². The van der Waals surface area contributed by atoms with E-state index in [9.17, 15) is 0 Å². The van der Waals surface area contributed by atoms with E-state index >= 15 is 0 Å². The van der Waals surface area contributed by atoms with E-state index in [-0.39, 0.29) is 5.41 Å². The minimum atomic E-state index is 0.0722. The molecule has 4 nitrogen and oxygen atoms in total. The van der Waals surface area contributed by atoms with Crippen LogP contribution in [0.2, 0.25) is 0 Å². The zero-order valence-electron chi connectivity index (χ0n) is 9.03. The van der Waals surface area contributed by atoms with Crippen molar-refractivity contribution in [2.24, 2.45) is 5.73 Å². The highest BCUT2D eigenvalue weighted by molar-refractivity contribution is 7.99. The van der Waals surface area contributed by atoms with Gasteiger partial charge in [-0.3, -0.25) is 0 Å². The lowest BCUT2D eigenvalue weighted by atomic mass is 9.87. The van der Waals surface area contributed by atoms with Crippen molar-refractivity contribution >= 4 is 11.8 Å². The molecular weight excluding hydrogens is 210 g/mol. The van der Waals surface area contributed by atoms with Gasteiger partial charge in [-0.2, -0.15) is 11.8 Å². The first-order valence-corrected chi connectivity index (χ1v) is 6.51. The van der Waals surface area contributed by atoms with E-state index in [0.717, 1.165) is 18.1 Å². The molecule has 0 saturated carbocycles. The standard InChI is InChI=1S/C10H17N3OS/c1-10(4-2-6-15-7-10)9-13-12-8(14-9)3-5-11/h2-7,11H2,1H3. The first-order chi connectivity index (χ1) is 7.24. The van der Waals surface area contributed by atoms with Gasteiger partial charge >= 0.3 is 0 Å². The summed E-state index contributed by atoms with van der Waals surface area (Å²) in [5.41, 5.74) is 5.52. The highest BCUT2D eigenvalue weighted by atomic mass is 32.2. The molecule has 1 fully saturated rings. The lowest BCUT2D eigenvalue weighted by Gasteiger charge is -2.29. The molecule has 1 aliphatic heterocycles. The molecule has 5 heteroatoms. The van der Waals surface area contributed by atoms with Crippen LogP contribution in [-0.2, 0) is 11.8 Å². The van der Waals surface area contributed by atoms with Crippen LogP contribution < -0.4 is 5.73 Å². The summed E-state index contributed by atoms with van der Waals surface area (Å²) in [6.07, 6.45) is 3.05. The minimum absolute atomic E-state index is 0.0722. The molecule has 1 aromatic rings. The Morgan fingerprint density at radius 3 is 3.07 bits per heavy atom. The Labute approximate surface area is 94.0 Å². The van der Waals surface area contributed by atoms with Crippen LogP contribution in [0, 0.1) is 0 Å². The average Bonchev–Trinajstić information content (AvgIpc) is 2.69. The molecule has 0 radical (unpaired) electrons. The maximum absolute atomic E-state index is 5.65. The quantitative estimate of drug-likeness (QED) is 0.844. The molecule has 2 N–H and O–H groups in total. The van der Waals surface area contributed by atoms with Gasteiger partial charge in [-0.15, -0.1) is 10.2 Å². The first-order valence-electron chi connectivity index (χ1n) is 5.35. The Balaban J connectivity index is 2.12. The van der Waals surface area contributed by atoms with Gasteiger partial charge in [0.05, 0.1) is 5.41 Å². The van der Waals surface area contributed by atoms with Gasteiger partial charge in [0, 0.05) is 18.7 Å². The molecule has 2 heterocycles. The topological polar surface area (TPSA) is 64.9 Å². The van der Waals surface area contributed by atoms with Gasteiger partial charge in [0.15, 0.2) is 0 Å². The molecule has 1 saturated heterocycles. The fourth-order valence-electron chi connectivity index (χ4n) is 1.82. The van der Waals surface area contributed by atoms with E-state index in [2.05, 4.69) is 17.1 Å². The van der Waals surface area contributed by atoms with Crippen molar-refractivity contribution in [1.82, 2.24) is 10.2 Å². The monoisotopic (exact) mass is 227 g/mol. The van der Waals surface area contributed by atoms with Crippen LogP contribution in [0.25, 0.3) is 0 Å². The van der Waals surface area contributed by atoms with Gasteiger partial charge in [0.1, 0.15) is 0 Å². The summed E-state index contributed by atoms with van der Waals surface area (Å²) in [5.74, 6) is 3.79. The summed E-state index contributed by atoms with van der Waals surface area (Å²) in [6.45, 7) is 2.77. The third kappa shape index (κ3) is 2.34. The predicted octanol–water partition coefficient (Wildman–Crippen LogP) is 1.36. The van der Waals surface area contributed by atoms with Crippen molar-refractivity contribution in [1.29, 1.82) is 0 Å². The van der Waals surface area contributed by atoms with E-state index < -0.39 is 0 Å². The second kappa shape index (κ2) is 4.53. The molecule has 1 unspecified atom stereocenters. The number of aromatic nitrogens is 2. The Morgan fingerprint density at radius 2 is 2.40 bits per heavy atom. The Hall–Kier alpha value is -0.550. The molecule has 1 aliphatic rings. The molecule has 0 aliphatic carbocycles. The van der Waals surface area contributed by atoms with Crippen LogP contribution in [0.3, 0.4) is 0 Å². The summed E-state index contributed by atoms with van der Waals surface area (Å²) in [5, 5.41) is 8.17. The maximum atomic E-state index is 5.65. The summed E-state index contributed by atoms with van der Waals surface area (Å²) in [7, 11) is 0. The largest absolute Gasteiger partial charge is 0.425 e. The number of nitrogens with zero attached hydrogens (tertiary/aromatic N) is 2. The zero-order valence-corrected chi connectivity index (χ0v) is 9.85. The smallest absolute Gasteiger partial charge is 0.223 e. The Bertz CT molecular complexity index is 320. The molecule has 0 amide bonds. The molecule has 2 rings (SSSR count). The minimum Gasteiger partial charge on any atom is -0.425 e. The van der Waals surface area contributed by atoms with E-state index in [1.165, 1.54) is 12.2 Å². The number of hydrogen-bond donors (Lipinski definition) is 1. The molecule has 1 aromatic heterocycles. The van der Waals surface area contributed by atoms with Crippen molar-refractivity contribution in [2.75, 3.05) is 18.1 Å². The Kier molecular flexibility index (Phi) is 3.31. The molecule has 0 aromatic carbocycles. The fourth-order valence-corrected chi connectivity index (χ4v) is 3.04. The van der Waals surface area contributed by atoms with Crippen LogP contribution in [0.4, 0.5) is 0 Å². The third-order valence-electron chi connectivity index (χ3n) is 2.78. The zero-order chi connectivity index (χ0) is 10.7. The summed E-state index contributed by atoms with van der Waals surface area (Å²) in [6, 6.07) is 0. The van der Waals surface area contributed by atoms with Crippen LogP contribution in [0.1, 0.15) is 31.5 Å². The summed E-state index contributed by atoms with van der Waals surface area (Å²) < 4.78 is 5.65. The molecule has 15 heavy (non-hydrogen) atoms. The number of hydrogen-bond acceptors (Lipinski definition) is 5. The lowest BCUT2D eigenvalue weighted by Crippen LogP contribution is -2.29. The van der Waals surface area contributed by atoms with Gasteiger partial charge in [-0.25, -0.2) is 0 Å². The predicted molar refractivity (Wildman–Crippen MR) is 61.0 cm³/mol. The van der Waals surface area contributed by atoms with E-state index in [1.807, 2.05) is 11.8 Å². The number of nitrogens with two attached hydrogens (primary N) is 1. The highest BCUT2D eigenvalue weighted by Crippen LogP contribution is 2.36. The van der Waals surface area contributed by atoms with Crippen molar-refractivity contribution in [2.45, 2.75) is 31.6 Å². The van der Waals surface area contributed by atoms with Crippen LogP contribution in [0.15, 0.2) is 4.42 Å². The van der Waals surface area contributed by atoms with Gasteiger partial charge in [-0.1, -0.05) is 0 Å². The second-order valence-electron chi connectivity index (χ2n) is 4.26. The van der Waals surface area contributed by atoms with Crippen molar-refractivity contribution < 1.29 is 4.42 Å². The molecule has 84 valence electrons. The summed E-state index contributed by atoms with van der Waals surface area (Å²) >= 11 is 1.97. The van der Waals surface area contributed by atoms with E-state index in [1.54, 1.807) is 0 Å². The Morgan fingerprint density at radius 1 is 1.53 bits per heavy atom. The first kappa shape index (κ1) is 11.0. The molecule has 1 atom stereocenters. The highest BCUT2D eigenvalue weighted by Gasteiger charge is 2.34. The normalized spacial score (nSPS) is 26.8. The van der Waals surface area contributed by atoms with Gasteiger partial charge in [0.25, 0.3) is 0 Å². The number of thioether (sulfide) groups is 1. The molecule has 0 bridgehead atoms. The lowest BCUT2D eigenvalue weighted by molar-refractivity contribution is 0.335. The van der Waals surface area contributed by atoms with Crippen LogP contribution >= 0.6 is 11.8 Å². The summed E-state index contributed by atoms with van der Waals surface area (Å²) in [4.78, 5) is 0. The average molecular weight is 227 g/mol. The van der Waals surface area contributed by atoms with Crippen molar-refractivity contribution in [3.63, 3.8) is 0 Å². The van der Waals surface area contributed by atoms with Gasteiger partial charge in [-0.05, 0) is 25.5 Å². The van der Waals surface area contributed by atoms with Crippen molar-refractivity contribution in [3.8, 4) is 0 Å².